The van der Waals surface area contributed by atoms with Crippen molar-refractivity contribution in [3.05, 3.63) is 0 Å². The zero-order valence-electron chi connectivity index (χ0n) is 11.3. The van der Waals surface area contributed by atoms with Gasteiger partial charge in [0, 0.05) is 25.9 Å². The van der Waals surface area contributed by atoms with Crippen LogP contribution in [0.5, 0.6) is 0 Å². The minimum atomic E-state index is -2.32. The van der Waals surface area contributed by atoms with Gasteiger partial charge in [0.05, 0.1) is 5.97 Å². The minimum Gasteiger partial charge on any atom is -0.547 e. The normalized spacial score (nSPS) is 16.9. The number of nitrogens with zero attached hydrogens (tertiary/aromatic N) is 1. The molecule has 0 aromatic carbocycles. The molecule has 1 aliphatic heterocycles. The van der Waals surface area contributed by atoms with Gasteiger partial charge in [-0.3, -0.25) is 0 Å². The molecule has 0 radical (unpaired) electrons. The smallest absolute Gasteiger partial charge is 0.547 e. The topological polar surface area (TPSA) is 69.7 Å². The summed E-state index contributed by atoms with van der Waals surface area (Å²) >= 11 is 0. The number of hydrogen-bond acceptors (Lipinski definition) is 4. The van der Waals surface area contributed by atoms with Crippen LogP contribution in [0, 0.1) is 0 Å². The second-order valence-corrected chi connectivity index (χ2v) is 5.22. The van der Waals surface area contributed by atoms with E-state index in [4.69, 9.17) is 4.74 Å². The van der Waals surface area contributed by atoms with Crippen molar-refractivity contribution in [2.45, 2.75) is 59.7 Å². The molecule has 7 heteroatoms. The number of ether oxygens (including phenoxy) is 1. The van der Waals surface area contributed by atoms with Gasteiger partial charge in [-0.05, 0) is 20.8 Å². The van der Waals surface area contributed by atoms with Gasteiger partial charge in [-0.2, -0.15) is 0 Å². The molecule has 114 valence electrons. The summed E-state index contributed by atoms with van der Waals surface area (Å²) in [6.07, 6.45) is -1.05. The third-order valence-corrected chi connectivity index (χ3v) is 2.57. The quantitative estimate of drug-likeness (QED) is 0.565. The van der Waals surface area contributed by atoms with E-state index in [1.807, 2.05) is 0 Å². The first-order valence-corrected chi connectivity index (χ1v) is 5.52. The van der Waals surface area contributed by atoms with E-state index in [1.54, 1.807) is 20.8 Å². The molecule has 1 amide bonds. The maximum absolute atomic E-state index is 13.6. The molecule has 0 spiro atoms. The Hall–Kier alpha value is -0.733. The number of amides is 1. The van der Waals surface area contributed by atoms with Crippen LogP contribution in [0.4, 0.5) is 9.18 Å². The Kier molecular flexibility index (Phi) is 10.4. The van der Waals surface area contributed by atoms with Crippen LogP contribution in [-0.4, -0.2) is 41.3 Å². The van der Waals surface area contributed by atoms with Gasteiger partial charge in [-0.25, -0.2) is 9.18 Å². The fourth-order valence-electron chi connectivity index (χ4n) is 1.57. The number of alkyl halides is 1. The van der Waals surface area contributed by atoms with Crippen LogP contribution < -0.4 is 24.0 Å². The Bertz CT molecular complexity index is 323. The number of rotatable bonds is 1. The Balaban J connectivity index is -0.000000963. The molecule has 0 aromatic rings. The molecule has 1 heterocycles. The maximum atomic E-state index is 13.6. The van der Waals surface area contributed by atoms with Gasteiger partial charge >= 0.3 is 25.0 Å². The van der Waals surface area contributed by atoms with Crippen molar-refractivity contribution in [2.24, 2.45) is 0 Å². The van der Waals surface area contributed by atoms with Gasteiger partial charge in [0.25, 0.3) is 0 Å². The van der Waals surface area contributed by atoms with E-state index in [0.29, 0.717) is 0 Å². The SMILES string of the molecule is C.C.CC(C)(C)OC(=O)N1CCC(F)(C(=O)[O-])CC1.[Li+]. The number of carboxylic acid groups (broad SMARTS) is 1. The van der Waals surface area contributed by atoms with E-state index in [1.165, 1.54) is 4.90 Å². The Labute approximate surface area is 133 Å². The Morgan fingerprint density at radius 1 is 1.20 bits per heavy atom. The second kappa shape index (κ2) is 8.53. The van der Waals surface area contributed by atoms with Crippen molar-refractivity contribution >= 4 is 12.1 Å². The predicted octanol–water partition coefficient (Wildman–Crippen LogP) is -1.25. The van der Waals surface area contributed by atoms with Crippen LogP contribution in [0.15, 0.2) is 0 Å². The standard InChI is InChI=1S/C11H18FNO4.2CH4.Li/c1-10(2,3)17-9(16)13-6-4-11(12,5-7-13)8(14)15;;;/h4-7H2,1-3H3,(H,14,15);2*1H4;/q;;;+1/p-1. The van der Waals surface area contributed by atoms with E-state index in [2.05, 4.69) is 0 Å². The van der Waals surface area contributed by atoms with E-state index in [-0.39, 0.29) is 59.6 Å². The monoisotopic (exact) mass is 285 g/mol. The summed E-state index contributed by atoms with van der Waals surface area (Å²) in [7, 11) is 0. The van der Waals surface area contributed by atoms with Crippen molar-refractivity contribution in [3.63, 3.8) is 0 Å². The average molecular weight is 285 g/mol. The van der Waals surface area contributed by atoms with Gasteiger partial charge in [-0.15, -0.1) is 0 Å². The summed E-state index contributed by atoms with van der Waals surface area (Å²) in [5.74, 6) is -1.71. The van der Waals surface area contributed by atoms with Crippen LogP contribution in [0.1, 0.15) is 48.5 Å². The molecule has 1 rings (SSSR count). The van der Waals surface area contributed by atoms with Gasteiger partial charge in [-0.1, -0.05) is 14.9 Å². The van der Waals surface area contributed by atoms with Gasteiger partial charge in [0.1, 0.15) is 5.60 Å². The number of carboxylic acids is 1. The Morgan fingerprint density at radius 3 is 1.90 bits per heavy atom. The van der Waals surface area contributed by atoms with Crippen LogP contribution in [0.25, 0.3) is 0 Å². The zero-order chi connectivity index (χ0) is 13.3. The van der Waals surface area contributed by atoms with Crippen LogP contribution in [0.3, 0.4) is 0 Å². The third-order valence-electron chi connectivity index (χ3n) is 2.57. The molecular formula is C13H25FLiNO4. The molecule has 0 unspecified atom stereocenters. The molecule has 1 aliphatic rings. The minimum absolute atomic E-state index is 0. The molecule has 1 saturated heterocycles. The van der Waals surface area contributed by atoms with Crippen molar-refractivity contribution in [2.75, 3.05) is 13.1 Å². The van der Waals surface area contributed by atoms with Gasteiger partial charge in [0.15, 0.2) is 5.67 Å². The number of piperidine rings is 1. The predicted molar refractivity (Wildman–Crippen MR) is 69.3 cm³/mol. The van der Waals surface area contributed by atoms with Gasteiger partial charge in [0.2, 0.25) is 0 Å². The molecule has 5 nitrogen and oxygen atoms in total. The number of aliphatic carboxylic acids is 1. The fraction of sp³-hybridized carbons (Fsp3) is 0.846. The molecule has 0 aromatic heterocycles. The molecule has 0 aliphatic carbocycles. The van der Waals surface area contributed by atoms with Crippen molar-refractivity contribution in [1.82, 2.24) is 4.90 Å². The largest absolute Gasteiger partial charge is 1.00 e. The molecule has 0 saturated carbocycles. The number of carbonyl (C=O) groups is 2. The third kappa shape index (κ3) is 6.62. The van der Waals surface area contributed by atoms with Crippen LogP contribution in [-0.2, 0) is 9.53 Å². The molecule has 0 atom stereocenters. The number of carbonyl (C=O) groups excluding carboxylic acids is 2. The number of hydrogen-bond donors (Lipinski definition) is 0. The van der Waals surface area contributed by atoms with Crippen molar-refractivity contribution < 1.29 is 42.7 Å². The fourth-order valence-corrected chi connectivity index (χ4v) is 1.57. The zero-order valence-corrected chi connectivity index (χ0v) is 11.3. The molecule has 0 N–H and O–H groups in total. The number of likely N-dealkylation sites (tertiary alicyclic amines) is 1. The van der Waals surface area contributed by atoms with E-state index in [0.717, 1.165) is 0 Å². The maximum Gasteiger partial charge on any atom is 1.00 e. The van der Waals surface area contributed by atoms with Crippen LogP contribution >= 0.6 is 0 Å². The summed E-state index contributed by atoms with van der Waals surface area (Å²) in [5.41, 5.74) is -2.94. The average Bonchev–Trinajstić information content (AvgIpc) is 2.15. The molecule has 20 heavy (non-hydrogen) atoms. The first-order valence-electron chi connectivity index (χ1n) is 5.52. The summed E-state index contributed by atoms with van der Waals surface area (Å²) in [4.78, 5) is 23.5. The summed E-state index contributed by atoms with van der Waals surface area (Å²) < 4.78 is 18.7. The second-order valence-electron chi connectivity index (χ2n) is 5.22. The molecular weight excluding hydrogens is 260 g/mol. The Morgan fingerprint density at radius 2 is 1.60 bits per heavy atom. The summed E-state index contributed by atoms with van der Waals surface area (Å²) in [5, 5.41) is 10.6. The van der Waals surface area contributed by atoms with Crippen molar-refractivity contribution in [1.29, 1.82) is 0 Å². The first-order chi connectivity index (χ1) is 7.64. The van der Waals surface area contributed by atoms with Crippen molar-refractivity contribution in [3.8, 4) is 0 Å². The van der Waals surface area contributed by atoms with E-state index < -0.39 is 23.3 Å². The van der Waals surface area contributed by atoms with Gasteiger partial charge < -0.3 is 19.5 Å². The summed E-state index contributed by atoms with van der Waals surface area (Å²) in [6, 6.07) is 0. The molecule has 1 fully saturated rings. The van der Waals surface area contributed by atoms with E-state index >= 15 is 0 Å². The molecule has 0 bridgehead atoms. The summed E-state index contributed by atoms with van der Waals surface area (Å²) in [6.45, 7) is 5.25. The first kappa shape index (κ1) is 24.3. The number of halogens is 1. The van der Waals surface area contributed by atoms with Crippen LogP contribution in [0.2, 0.25) is 0 Å². The van der Waals surface area contributed by atoms with E-state index in [9.17, 15) is 19.1 Å².